The van der Waals surface area contributed by atoms with Crippen LogP contribution in [0.2, 0.25) is 4.34 Å². The minimum atomic E-state index is -3.73. The van der Waals surface area contributed by atoms with Crippen LogP contribution in [0.1, 0.15) is 24.8 Å². The van der Waals surface area contributed by atoms with E-state index in [1.807, 2.05) is 31.2 Å². The van der Waals surface area contributed by atoms with E-state index in [1.54, 1.807) is 7.11 Å². The summed E-state index contributed by atoms with van der Waals surface area (Å²) in [5, 5.41) is 9.73. The summed E-state index contributed by atoms with van der Waals surface area (Å²) in [5.74, 6) is 0.564. The molecule has 132 valence electrons. The third-order valence-corrected chi connectivity index (χ3v) is 7.00. The molecule has 5 nitrogen and oxygen atoms in total. The molecule has 0 aliphatic carbocycles. The third-order valence-electron chi connectivity index (χ3n) is 3.79. The summed E-state index contributed by atoms with van der Waals surface area (Å²) in [5.41, 5.74) is 0.935. The van der Waals surface area contributed by atoms with Gasteiger partial charge in [0.15, 0.2) is 0 Å². The van der Waals surface area contributed by atoms with Gasteiger partial charge in [-0.25, -0.2) is 13.1 Å². The molecule has 1 heterocycles. The van der Waals surface area contributed by atoms with Gasteiger partial charge >= 0.3 is 0 Å². The van der Waals surface area contributed by atoms with Crippen LogP contribution in [0, 0.1) is 0 Å². The first-order valence-electron chi connectivity index (χ1n) is 7.43. The Kier molecular flexibility index (Phi) is 6.65. The summed E-state index contributed by atoms with van der Waals surface area (Å²) < 4.78 is 33.2. The lowest BCUT2D eigenvalue weighted by atomic mass is 9.90. The van der Waals surface area contributed by atoms with Crippen LogP contribution in [-0.4, -0.2) is 33.3 Å². The van der Waals surface area contributed by atoms with E-state index in [2.05, 4.69) is 4.72 Å². The molecular formula is C16H20ClNO4S2. The molecular weight excluding hydrogens is 370 g/mol. The zero-order valence-corrected chi connectivity index (χ0v) is 15.8. The van der Waals surface area contributed by atoms with E-state index in [4.69, 9.17) is 16.3 Å². The first kappa shape index (κ1) is 19.2. The molecule has 0 aliphatic rings. The van der Waals surface area contributed by atoms with Gasteiger partial charge in [0, 0.05) is 5.92 Å². The van der Waals surface area contributed by atoms with Crippen molar-refractivity contribution in [2.75, 3.05) is 13.7 Å². The van der Waals surface area contributed by atoms with E-state index in [0.29, 0.717) is 10.8 Å². The molecule has 2 unspecified atom stereocenters. The Labute approximate surface area is 151 Å². The molecule has 8 heteroatoms. The van der Waals surface area contributed by atoms with Gasteiger partial charge in [-0.2, -0.15) is 0 Å². The molecule has 0 radical (unpaired) electrons. The molecule has 2 N–H and O–H groups in total. The Bertz CT molecular complexity index is 759. The Balaban J connectivity index is 2.24. The van der Waals surface area contributed by atoms with Gasteiger partial charge in [0.05, 0.1) is 24.1 Å². The average molecular weight is 390 g/mol. The zero-order chi connectivity index (χ0) is 17.7. The van der Waals surface area contributed by atoms with Gasteiger partial charge in [0.1, 0.15) is 9.96 Å². The maximum Gasteiger partial charge on any atom is 0.250 e. The molecule has 2 aromatic rings. The largest absolute Gasteiger partial charge is 0.497 e. The van der Waals surface area contributed by atoms with Gasteiger partial charge in [-0.15, -0.1) is 11.3 Å². The topological polar surface area (TPSA) is 75.6 Å². The van der Waals surface area contributed by atoms with Crippen molar-refractivity contribution in [1.29, 1.82) is 0 Å². The second kappa shape index (κ2) is 8.31. The highest BCUT2D eigenvalue weighted by Gasteiger charge is 2.27. The molecule has 0 saturated carbocycles. The highest BCUT2D eigenvalue weighted by Crippen LogP contribution is 2.29. The number of methoxy groups -OCH3 is 1. The van der Waals surface area contributed by atoms with Crippen LogP contribution in [0.4, 0.5) is 0 Å². The summed E-state index contributed by atoms with van der Waals surface area (Å²) in [6, 6.07) is 9.76. The first-order valence-corrected chi connectivity index (χ1v) is 10.1. The number of aliphatic hydroxyl groups excluding tert-OH is 1. The summed E-state index contributed by atoms with van der Waals surface area (Å²) in [4.78, 5) is 0. The number of hydrogen-bond acceptors (Lipinski definition) is 5. The number of hydrogen-bond donors (Lipinski definition) is 2. The third kappa shape index (κ3) is 4.49. The number of ether oxygens (including phenoxy) is 1. The van der Waals surface area contributed by atoms with Crippen molar-refractivity contribution >= 4 is 33.0 Å². The fourth-order valence-corrected chi connectivity index (χ4v) is 5.32. The molecule has 2 rings (SSSR count). The monoisotopic (exact) mass is 389 g/mol. The van der Waals surface area contributed by atoms with Crippen molar-refractivity contribution in [1.82, 2.24) is 4.72 Å². The average Bonchev–Trinajstić information content (AvgIpc) is 3.02. The Morgan fingerprint density at radius 3 is 2.38 bits per heavy atom. The Hall–Kier alpha value is -1.12. The molecule has 0 amide bonds. The number of benzene rings is 1. The Morgan fingerprint density at radius 1 is 1.25 bits per heavy atom. The van der Waals surface area contributed by atoms with Crippen molar-refractivity contribution < 1.29 is 18.3 Å². The minimum Gasteiger partial charge on any atom is -0.497 e. The molecule has 2 atom stereocenters. The van der Waals surface area contributed by atoms with Crippen molar-refractivity contribution in [3.63, 3.8) is 0 Å². The Morgan fingerprint density at radius 2 is 1.92 bits per heavy atom. The van der Waals surface area contributed by atoms with Gasteiger partial charge in [-0.05, 0) is 36.2 Å². The molecule has 0 aliphatic heterocycles. The van der Waals surface area contributed by atoms with E-state index < -0.39 is 16.1 Å². The number of rotatable bonds is 8. The number of halogens is 1. The lowest BCUT2D eigenvalue weighted by Crippen LogP contribution is -2.41. The molecule has 1 aromatic heterocycles. The van der Waals surface area contributed by atoms with Gasteiger partial charge in [0.2, 0.25) is 10.0 Å². The van der Waals surface area contributed by atoms with Gasteiger partial charge in [0.25, 0.3) is 0 Å². The van der Waals surface area contributed by atoms with Gasteiger partial charge in [-0.1, -0.05) is 30.7 Å². The lowest BCUT2D eigenvalue weighted by molar-refractivity contribution is 0.236. The maximum absolute atomic E-state index is 12.5. The summed E-state index contributed by atoms with van der Waals surface area (Å²) in [7, 11) is -2.14. The number of thiophene rings is 1. The van der Waals surface area contributed by atoms with E-state index in [0.717, 1.165) is 22.6 Å². The molecule has 0 bridgehead atoms. The van der Waals surface area contributed by atoms with E-state index in [9.17, 15) is 13.5 Å². The fraction of sp³-hybridized carbons (Fsp3) is 0.375. The van der Waals surface area contributed by atoms with Crippen LogP contribution in [0.15, 0.2) is 40.6 Å². The van der Waals surface area contributed by atoms with Crippen molar-refractivity contribution in [2.45, 2.75) is 29.5 Å². The smallest absolute Gasteiger partial charge is 0.250 e. The zero-order valence-electron chi connectivity index (χ0n) is 13.4. The highest BCUT2D eigenvalue weighted by molar-refractivity contribution is 7.91. The van der Waals surface area contributed by atoms with Crippen LogP contribution in [-0.2, 0) is 10.0 Å². The predicted molar refractivity (Wildman–Crippen MR) is 96.6 cm³/mol. The molecule has 1 aromatic carbocycles. The minimum absolute atomic E-state index is 0.135. The van der Waals surface area contributed by atoms with E-state index in [-0.39, 0.29) is 16.7 Å². The van der Waals surface area contributed by atoms with E-state index in [1.165, 1.54) is 12.1 Å². The van der Waals surface area contributed by atoms with Gasteiger partial charge < -0.3 is 9.84 Å². The number of aliphatic hydroxyl groups is 1. The van der Waals surface area contributed by atoms with Gasteiger partial charge in [-0.3, -0.25) is 0 Å². The quantitative estimate of drug-likeness (QED) is 0.726. The molecule has 24 heavy (non-hydrogen) atoms. The SMILES string of the molecule is CCC(c1ccc(OC)cc1)C(CO)NS(=O)(=O)c1ccc(Cl)s1. The predicted octanol–water partition coefficient (Wildman–Crippen LogP) is 3.24. The standard InChI is InChI=1S/C16H20ClNO4S2/c1-3-13(11-4-6-12(22-2)7-5-11)14(10-19)18-24(20,21)16-9-8-15(17)23-16/h4-9,13-14,18-19H,3,10H2,1-2H3. The second-order valence-corrected chi connectivity index (χ2v) is 8.91. The summed E-state index contributed by atoms with van der Waals surface area (Å²) in [6.07, 6.45) is 0.672. The number of sulfonamides is 1. The van der Waals surface area contributed by atoms with Crippen molar-refractivity contribution in [2.24, 2.45) is 0 Å². The number of nitrogens with one attached hydrogen (secondary N) is 1. The van der Waals surface area contributed by atoms with Crippen molar-refractivity contribution in [3.8, 4) is 5.75 Å². The lowest BCUT2D eigenvalue weighted by Gasteiger charge is -2.25. The molecule has 0 spiro atoms. The van der Waals surface area contributed by atoms with Crippen LogP contribution in [0.5, 0.6) is 5.75 Å². The van der Waals surface area contributed by atoms with Crippen LogP contribution >= 0.6 is 22.9 Å². The highest BCUT2D eigenvalue weighted by atomic mass is 35.5. The van der Waals surface area contributed by atoms with E-state index >= 15 is 0 Å². The summed E-state index contributed by atoms with van der Waals surface area (Å²) >= 11 is 6.80. The molecule has 0 saturated heterocycles. The van der Waals surface area contributed by atoms with Crippen molar-refractivity contribution in [3.05, 3.63) is 46.3 Å². The maximum atomic E-state index is 12.5. The second-order valence-electron chi connectivity index (χ2n) is 5.26. The fourth-order valence-electron chi connectivity index (χ4n) is 2.55. The first-order chi connectivity index (χ1) is 11.4. The van der Waals surface area contributed by atoms with Crippen LogP contribution in [0.3, 0.4) is 0 Å². The van der Waals surface area contributed by atoms with Crippen LogP contribution in [0.25, 0.3) is 0 Å². The molecule has 0 fully saturated rings. The summed E-state index contributed by atoms with van der Waals surface area (Å²) in [6.45, 7) is 1.65. The van der Waals surface area contributed by atoms with Crippen LogP contribution < -0.4 is 9.46 Å². The normalized spacial score (nSPS) is 14.3.